The lowest BCUT2D eigenvalue weighted by Gasteiger charge is -2.18. The van der Waals surface area contributed by atoms with Crippen LogP contribution in [-0.2, 0) is 10.0 Å². The van der Waals surface area contributed by atoms with Gasteiger partial charge in [0.25, 0.3) is 0 Å². The summed E-state index contributed by atoms with van der Waals surface area (Å²) in [5.41, 5.74) is 1.03. The molecule has 0 radical (unpaired) electrons. The van der Waals surface area contributed by atoms with Crippen molar-refractivity contribution in [3.63, 3.8) is 0 Å². The molecule has 0 atom stereocenters. The fourth-order valence-electron chi connectivity index (χ4n) is 1.94. The molecule has 0 aliphatic heterocycles. The van der Waals surface area contributed by atoms with E-state index in [0.29, 0.717) is 11.1 Å². The Morgan fingerprint density at radius 2 is 1.73 bits per heavy atom. The molecule has 118 valence electrons. The molecule has 6 heteroatoms. The molecule has 0 saturated carbocycles. The van der Waals surface area contributed by atoms with Gasteiger partial charge in [0.1, 0.15) is 12.4 Å². The molecule has 0 aliphatic carbocycles. The predicted octanol–water partition coefficient (Wildman–Crippen LogP) is 3.46. The number of hydrogen-bond donors (Lipinski definition) is 0. The molecule has 0 aromatic heterocycles. The standard InChI is InChI=1S/C16H18BrNO3S/c1-13-7-3-5-9-15(13)21-12-11-18(2)22(19,20)16-10-6-4-8-14(16)17/h3-10H,11-12H2,1-2H3. The van der Waals surface area contributed by atoms with Gasteiger partial charge in [-0.15, -0.1) is 0 Å². The third-order valence-corrected chi connectivity index (χ3v) is 6.15. The molecular weight excluding hydrogens is 366 g/mol. The largest absolute Gasteiger partial charge is 0.492 e. The van der Waals surface area contributed by atoms with E-state index >= 15 is 0 Å². The lowest BCUT2D eigenvalue weighted by atomic mass is 10.2. The second-order valence-electron chi connectivity index (χ2n) is 4.87. The quantitative estimate of drug-likeness (QED) is 0.767. The minimum atomic E-state index is -3.53. The molecule has 2 aromatic rings. The van der Waals surface area contributed by atoms with Crippen LogP contribution in [0.2, 0.25) is 0 Å². The van der Waals surface area contributed by atoms with E-state index in [1.165, 1.54) is 4.31 Å². The molecule has 2 aromatic carbocycles. The summed E-state index contributed by atoms with van der Waals surface area (Å²) in [6, 6.07) is 14.4. The molecule has 0 spiro atoms. The van der Waals surface area contributed by atoms with E-state index in [1.807, 2.05) is 31.2 Å². The number of ether oxygens (including phenoxy) is 1. The van der Waals surface area contributed by atoms with Crippen molar-refractivity contribution in [1.82, 2.24) is 4.31 Å². The maximum atomic E-state index is 12.5. The Hall–Kier alpha value is -1.37. The first-order valence-corrected chi connectivity index (χ1v) is 9.05. The van der Waals surface area contributed by atoms with Gasteiger partial charge in [0.05, 0.1) is 4.90 Å². The number of halogens is 1. The van der Waals surface area contributed by atoms with Gasteiger partial charge in [0.15, 0.2) is 0 Å². The van der Waals surface area contributed by atoms with Crippen LogP contribution in [0.15, 0.2) is 57.9 Å². The Kier molecular flexibility index (Phi) is 5.61. The van der Waals surface area contributed by atoms with Gasteiger partial charge in [0, 0.05) is 18.1 Å². The topological polar surface area (TPSA) is 46.6 Å². The Balaban J connectivity index is 2.02. The number of sulfonamides is 1. The number of benzene rings is 2. The first-order chi connectivity index (χ1) is 10.4. The Morgan fingerprint density at radius 1 is 1.09 bits per heavy atom. The van der Waals surface area contributed by atoms with Gasteiger partial charge in [-0.2, -0.15) is 4.31 Å². The van der Waals surface area contributed by atoms with Crippen molar-refractivity contribution in [2.24, 2.45) is 0 Å². The van der Waals surface area contributed by atoms with Gasteiger partial charge in [-0.3, -0.25) is 0 Å². The van der Waals surface area contributed by atoms with Crippen LogP contribution in [-0.4, -0.2) is 32.9 Å². The van der Waals surface area contributed by atoms with Gasteiger partial charge < -0.3 is 4.74 Å². The van der Waals surface area contributed by atoms with Crippen molar-refractivity contribution in [2.45, 2.75) is 11.8 Å². The number of aryl methyl sites for hydroxylation is 1. The van der Waals surface area contributed by atoms with E-state index in [1.54, 1.807) is 31.3 Å². The Bertz CT molecular complexity index is 747. The normalized spacial score (nSPS) is 11.6. The van der Waals surface area contributed by atoms with Crippen LogP contribution in [0.3, 0.4) is 0 Å². The third kappa shape index (κ3) is 3.88. The molecule has 0 aliphatic rings. The average Bonchev–Trinajstić information content (AvgIpc) is 2.49. The fraction of sp³-hybridized carbons (Fsp3) is 0.250. The number of nitrogens with zero attached hydrogens (tertiary/aromatic N) is 1. The summed E-state index contributed by atoms with van der Waals surface area (Å²) in [5, 5.41) is 0. The van der Waals surface area contributed by atoms with Gasteiger partial charge in [-0.25, -0.2) is 8.42 Å². The van der Waals surface area contributed by atoms with Crippen LogP contribution in [0.25, 0.3) is 0 Å². The van der Waals surface area contributed by atoms with Crippen molar-refractivity contribution >= 4 is 26.0 Å². The van der Waals surface area contributed by atoms with E-state index in [9.17, 15) is 8.42 Å². The summed E-state index contributed by atoms with van der Waals surface area (Å²) in [6.45, 7) is 2.53. The molecule has 4 nitrogen and oxygen atoms in total. The van der Waals surface area contributed by atoms with Gasteiger partial charge >= 0.3 is 0 Å². The summed E-state index contributed by atoms with van der Waals surface area (Å²) in [5.74, 6) is 0.772. The van der Waals surface area contributed by atoms with E-state index in [4.69, 9.17) is 4.74 Å². The summed E-state index contributed by atoms with van der Waals surface area (Å²) in [7, 11) is -1.98. The molecule has 0 unspecified atom stereocenters. The second-order valence-corrected chi connectivity index (χ2v) is 7.74. The SMILES string of the molecule is Cc1ccccc1OCCN(C)S(=O)(=O)c1ccccc1Br. The maximum Gasteiger partial charge on any atom is 0.244 e. The number of hydrogen-bond acceptors (Lipinski definition) is 3. The van der Waals surface area contributed by atoms with Crippen LogP contribution in [0.1, 0.15) is 5.56 Å². The molecule has 0 bridgehead atoms. The van der Waals surface area contributed by atoms with Gasteiger partial charge in [-0.1, -0.05) is 30.3 Å². The maximum absolute atomic E-state index is 12.5. The molecule has 0 heterocycles. The van der Waals surface area contributed by atoms with Crippen molar-refractivity contribution in [3.05, 3.63) is 58.6 Å². The molecule has 22 heavy (non-hydrogen) atoms. The first kappa shape index (κ1) is 17.0. The second kappa shape index (κ2) is 7.26. The third-order valence-electron chi connectivity index (χ3n) is 3.28. The van der Waals surface area contributed by atoms with Crippen molar-refractivity contribution in [3.8, 4) is 5.75 Å². The molecule has 2 rings (SSSR count). The van der Waals surface area contributed by atoms with Crippen LogP contribution in [0.4, 0.5) is 0 Å². The summed E-state index contributed by atoms with van der Waals surface area (Å²) in [6.07, 6.45) is 0. The number of rotatable bonds is 6. The highest BCUT2D eigenvalue weighted by Crippen LogP contribution is 2.24. The van der Waals surface area contributed by atoms with Crippen molar-refractivity contribution < 1.29 is 13.2 Å². The van der Waals surface area contributed by atoms with E-state index < -0.39 is 10.0 Å². The monoisotopic (exact) mass is 383 g/mol. The average molecular weight is 384 g/mol. The van der Waals surface area contributed by atoms with E-state index in [-0.39, 0.29) is 11.4 Å². The molecule has 0 saturated heterocycles. The summed E-state index contributed by atoms with van der Waals surface area (Å²) < 4.78 is 32.5. The zero-order valence-electron chi connectivity index (χ0n) is 12.5. The van der Waals surface area contributed by atoms with Crippen molar-refractivity contribution in [2.75, 3.05) is 20.2 Å². The van der Waals surface area contributed by atoms with E-state index in [0.717, 1.165) is 11.3 Å². The van der Waals surface area contributed by atoms with Gasteiger partial charge in [0.2, 0.25) is 10.0 Å². The van der Waals surface area contributed by atoms with Crippen LogP contribution in [0, 0.1) is 6.92 Å². The summed E-state index contributed by atoms with van der Waals surface area (Å²) in [4.78, 5) is 0.258. The highest BCUT2D eigenvalue weighted by atomic mass is 79.9. The van der Waals surface area contributed by atoms with E-state index in [2.05, 4.69) is 15.9 Å². The smallest absolute Gasteiger partial charge is 0.244 e. The number of para-hydroxylation sites is 1. The molecule has 0 N–H and O–H groups in total. The zero-order chi connectivity index (χ0) is 16.2. The zero-order valence-corrected chi connectivity index (χ0v) is 14.9. The predicted molar refractivity (Wildman–Crippen MR) is 90.6 cm³/mol. The van der Waals surface area contributed by atoms with Crippen LogP contribution >= 0.6 is 15.9 Å². The minimum absolute atomic E-state index is 0.258. The summed E-state index contributed by atoms with van der Waals surface area (Å²) >= 11 is 3.28. The molecule has 0 fully saturated rings. The Labute approximate surface area is 139 Å². The highest BCUT2D eigenvalue weighted by molar-refractivity contribution is 9.10. The lowest BCUT2D eigenvalue weighted by Crippen LogP contribution is -2.31. The van der Waals surface area contributed by atoms with Gasteiger partial charge in [-0.05, 0) is 46.6 Å². The first-order valence-electron chi connectivity index (χ1n) is 6.82. The van der Waals surface area contributed by atoms with Crippen LogP contribution in [0.5, 0.6) is 5.75 Å². The van der Waals surface area contributed by atoms with Crippen LogP contribution < -0.4 is 4.74 Å². The minimum Gasteiger partial charge on any atom is -0.492 e. The lowest BCUT2D eigenvalue weighted by molar-refractivity contribution is 0.285. The highest BCUT2D eigenvalue weighted by Gasteiger charge is 2.22. The number of likely N-dealkylation sites (N-methyl/N-ethyl adjacent to an activating group) is 1. The molecular formula is C16H18BrNO3S. The fourth-order valence-corrected chi connectivity index (χ4v) is 4.06. The molecule has 0 amide bonds. The Morgan fingerprint density at radius 3 is 2.41 bits per heavy atom. The van der Waals surface area contributed by atoms with Crippen molar-refractivity contribution in [1.29, 1.82) is 0 Å².